The highest BCUT2D eigenvalue weighted by Gasteiger charge is 2.14. The van der Waals surface area contributed by atoms with Gasteiger partial charge in [0.05, 0.1) is 18.8 Å². The van der Waals surface area contributed by atoms with Gasteiger partial charge in [-0.2, -0.15) is 9.90 Å². The van der Waals surface area contributed by atoms with E-state index in [1.54, 1.807) is 23.0 Å². The molecule has 2 heterocycles. The summed E-state index contributed by atoms with van der Waals surface area (Å²) in [6.07, 6.45) is 5.43. The number of hydrogen-bond donors (Lipinski definition) is 1. The number of rotatable bonds is 8. The van der Waals surface area contributed by atoms with Crippen LogP contribution in [0.2, 0.25) is 0 Å². The summed E-state index contributed by atoms with van der Waals surface area (Å²) in [5, 5.41) is 19.4. The van der Waals surface area contributed by atoms with Crippen molar-refractivity contribution in [2.75, 3.05) is 0 Å². The molecule has 1 N–H and O–H groups in total. The Morgan fingerprint density at radius 3 is 2.74 bits per heavy atom. The van der Waals surface area contributed by atoms with Gasteiger partial charge >= 0.3 is 0 Å². The van der Waals surface area contributed by atoms with E-state index in [4.69, 9.17) is 0 Å². The average Bonchev–Trinajstić information content (AvgIpc) is 3.29. The van der Waals surface area contributed by atoms with Gasteiger partial charge in [-0.1, -0.05) is 6.92 Å². The van der Waals surface area contributed by atoms with Crippen LogP contribution in [0.15, 0.2) is 36.7 Å². The summed E-state index contributed by atoms with van der Waals surface area (Å²) in [6.45, 7) is 2.50. The molecule has 0 aliphatic carbocycles. The van der Waals surface area contributed by atoms with Gasteiger partial charge in [-0.05, 0) is 42.3 Å². The van der Waals surface area contributed by atoms with E-state index in [-0.39, 0.29) is 17.8 Å². The van der Waals surface area contributed by atoms with Crippen LogP contribution >= 0.6 is 0 Å². The molecule has 0 aliphatic rings. The lowest BCUT2D eigenvalue weighted by atomic mass is 10.1. The van der Waals surface area contributed by atoms with Gasteiger partial charge in [0.15, 0.2) is 0 Å². The van der Waals surface area contributed by atoms with Gasteiger partial charge in [-0.25, -0.2) is 4.39 Å². The van der Waals surface area contributed by atoms with Crippen LogP contribution in [0.1, 0.15) is 37.8 Å². The Morgan fingerprint density at radius 1 is 1.30 bits per heavy atom. The highest BCUT2D eigenvalue weighted by Crippen LogP contribution is 2.16. The molecule has 0 spiro atoms. The molecule has 1 amide bonds. The molecular weight excluding hydrogens is 349 g/mol. The van der Waals surface area contributed by atoms with Crippen LogP contribution in [0.4, 0.5) is 4.39 Å². The highest BCUT2D eigenvalue weighted by molar-refractivity contribution is 5.76. The van der Waals surface area contributed by atoms with Gasteiger partial charge in [0.1, 0.15) is 5.82 Å². The van der Waals surface area contributed by atoms with E-state index in [0.29, 0.717) is 30.8 Å². The smallest absolute Gasteiger partial charge is 0.220 e. The van der Waals surface area contributed by atoms with Crippen molar-refractivity contribution in [3.05, 3.63) is 48.0 Å². The molecule has 1 aromatic carbocycles. The fraction of sp³-hybridized carbons (Fsp3) is 0.389. The summed E-state index contributed by atoms with van der Waals surface area (Å²) in [6, 6.07) is 5.88. The van der Waals surface area contributed by atoms with Crippen molar-refractivity contribution in [3.63, 3.8) is 0 Å². The number of carbonyl (C=O) groups is 1. The van der Waals surface area contributed by atoms with Crippen molar-refractivity contribution in [1.29, 1.82) is 0 Å². The van der Waals surface area contributed by atoms with E-state index >= 15 is 0 Å². The van der Waals surface area contributed by atoms with Crippen molar-refractivity contribution in [2.24, 2.45) is 7.05 Å². The van der Waals surface area contributed by atoms with Gasteiger partial charge in [-0.3, -0.25) is 9.48 Å². The van der Waals surface area contributed by atoms with Gasteiger partial charge in [-0.15, -0.1) is 10.2 Å². The first-order valence-electron chi connectivity index (χ1n) is 8.87. The zero-order valence-corrected chi connectivity index (χ0v) is 15.3. The van der Waals surface area contributed by atoms with E-state index in [0.717, 1.165) is 12.0 Å². The maximum absolute atomic E-state index is 13.0. The lowest BCUT2D eigenvalue weighted by Gasteiger charge is -2.15. The monoisotopic (exact) mass is 371 g/mol. The van der Waals surface area contributed by atoms with Gasteiger partial charge < -0.3 is 5.32 Å². The van der Waals surface area contributed by atoms with Crippen molar-refractivity contribution in [3.8, 4) is 11.4 Å². The number of nitrogens with one attached hydrogen (secondary N) is 1. The van der Waals surface area contributed by atoms with Crippen molar-refractivity contribution in [1.82, 2.24) is 35.3 Å². The molecular formula is C18H22FN7O. The fourth-order valence-electron chi connectivity index (χ4n) is 2.74. The summed E-state index contributed by atoms with van der Waals surface area (Å²) in [5.74, 6) is 0.0977. The number of aromatic nitrogens is 6. The molecule has 2 aromatic heterocycles. The van der Waals surface area contributed by atoms with Crippen molar-refractivity contribution in [2.45, 2.75) is 38.8 Å². The van der Waals surface area contributed by atoms with Gasteiger partial charge in [0.2, 0.25) is 11.7 Å². The Bertz CT molecular complexity index is 887. The fourth-order valence-corrected chi connectivity index (χ4v) is 2.74. The van der Waals surface area contributed by atoms with Crippen molar-refractivity contribution < 1.29 is 9.18 Å². The number of carbonyl (C=O) groups excluding carboxylic acids is 1. The molecule has 1 atom stereocenters. The second kappa shape index (κ2) is 8.52. The molecule has 0 saturated heterocycles. The minimum Gasteiger partial charge on any atom is -0.349 e. The lowest BCUT2D eigenvalue weighted by molar-refractivity contribution is -0.122. The summed E-state index contributed by atoms with van der Waals surface area (Å²) in [4.78, 5) is 13.7. The van der Waals surface area contributed by atoms with Crippen LogP contribution in [-0.2, 0) is 18.4 Å². The lowest BCUT2D eigenvalue weighted by Crippen LogP contribution is -2.28. The Balaban J connectivity index is 1.48. The normalized spacial score (nSPS) is 12.1. The molecule has 1 unspecified atom stereocenters. The molecule has 8 nitrogen and oxygen atoms in total. The Kier molecular flexibility index (Phi) is 5.90. The first kappa shape index (κ1) is 18.7. The molecule has 3 rings (SSSR count). The van der Waals surface area contributed by atoms with E-state index in [1.807, 2.05) is 20.2 Å². The van der Waals surface area contributed by atoms with Crippen LogP contribution in [0, 0.1) is 5.82 Å². The third kappa shape index (κ3) is 4.96. The Morgan fingerprint density at radius 2 is 2.07 bits per heavy atom. The molecule has 0 saturated carbocycles. The third-order valence-corrected chi connectivity index (χ3v) is 4.19. The first-order valence-corrected chi connectivity index (χ1v) is 8.87. The molecule has 0 fully saturated rings. The largest absolute Gasteiger partial charge is 0.349 e. The number of tetrazole rings is 1. The van der Waals surface area contributed by atoms with E-state index in [2.05, 4.69) is 25.8 Å². The second-order valence-electron chi connectivity index (χ2n) is 6.30. The number of hydrogen-bond acceptors (Lipinski definition) is 5. The van der Waals surface area contributed by atoms with E-state index in [9.17, 15) is 9.18 Å². The average molecular weight is 371 g/mol. The zero-order valence-electron chi connectivity index (χ0n) is 15.3. The third-order valence-electron chi connectivity index (χ3n) is 4.19. The maximum atomic E-state index is 13.0. The summed E-state index contributed by atoms with van der Waals surface area (Å²) in [7, 11) is 1.85. The van der Waals surface area contributed by atoms with E-state index in [1.165, 1.54) is 16.9 Å². The Hall–Kier alpha value is -3.10. The topological polar surface area (TPSA) is 90.5 Å². The predicted molar refractivity (Wildman–Crippen MR) is 96.8 cm³/mol. The number of benzene rings is 1. The predicted octanol–water partition coefficient (Wildman–Crippen LogP) is 2.26. The van der Waals surface area contributed by atoms with Gasteiger partial charge in [0.25, 0.3) is 0 Å². The van der Waals surface area contributed by atoms with Crippen molar-refractivity contribution >= 4 is 5.91 Å². The number of aryl methyl sites for hydroxylation is 2. The molecule has 9 heteroatoms. The zero-order chi connectivity index (χ0) is 19.2. The summed E-state index contributed by atoms with van der Waals surface area (Å²) < 4.78 is 14.7. The molecule has 142 valence electrons. The van der Waals surface area contributed by atoms with Crippen LogP contribution in [-0.4, -0.2) is 35.9 Å². The molecule has 0 bridgehead atoms. The van der Waals surface area contributed by atoms with Crippen LogP contribution in [0.25, 0.3) is 11.4 Å². The number of nitrogens with zero attached hydrogens (tertiary/aromatic N) is 6. The summed E-state index contributed by atoms with van der Waals surface area (Å²) >= 11 is 0. The minimum atomic E-state index is -0.311. The molecule has 0 aliphatic heterocycles. The van der Waals surface area contributed by atoms with Crippen LogP contribution in [0.3, 0.4) is 0 Å². The SMILES string of the molecule is CCC(NC(=O)CCCn1nnc(-c2ccc(F)cc2)n1)c1cnn(C)c1. The number of halogens is 1. The molecule has 0 radical (unpaired) electrons. The second-order valence-corrected chi connectivity index (χ2v) is 6.30. The first-order chi connectivity index (χ1) is 13.0. The minimum absolute atomic E-state index is 0.0235. The standard InChI is InChI=1S/C18H22FN7O/c1-3-16(14-11-20-25(2)12-14)21-17(27)5-4-10-26-23-18(22-24-26)13-6-8-15(19)9-7-13/h6-9,11-12,16H,3-5,10H2,1-2H3,(H,21,27). The quantitative estimate of drug-likeness (QED) is 0.656. The van der Waals surface area contributed by atoms with Gasteiger partial charge in [0, 0.05) is 30.8 Å². The maximum Gasteiger partial charge on any atom is 0.220 e. The molecule has 3 aromatic rings. The molecule has 27 heavy (non-hydrogen) atoms. The highest BCUT2D eigenvalue weighted by atomic mass is 19.1. The number of amides is 1. The Labute approximate surface area is 156 Å². The van der Waals surface area contributed by atoms with E-state index < -0.39 is 0 Å². The summed E-state index contributed by atoms with van der Waals surface area (Å²) in [5.41, 5.74) is 1.69. The van der Waals surface area contributed by atoms with Crippen LogP contribution in [0.5, 0.6) is 0 Å². The van der Waals surface area contributed by atoms with Crippen LogP contribution < -0.4 is 5.32 Å².